The first kappa shape index (κ1) is 17.6. The number of aliphatic hydroxyl groups is 1. The minimum atomic E-state index is -3.86. The summed E-state index contributed by atoms with van der Waals surface area (Å²) in [7, 11) is -3.86. The predicted molar refractivity (Wildman–Crippen MR) is 97.8 cm³/mol. The first-order valence-electron chi connectivity index (χ1n) is 8.15. The van der Waals surface area contributed by atoms with Crippen molar-refractivity contribution >= 4 is 21.1 Å². The van der Waals surface area contributed by atoms with E-state index in [9.17, 15) is 13.5 Å². The van der Waals surface area contributed by atoms with Crippen molar-refractivity contribution in [1.82, 2.24) is 8.96 Å². The molecular weight excluding hydrogens is 336 g/mol. The van der Waals surface area contributed by atoms with E-state index in [1.165, 1.54) is 3.97 Å². The van der Waals surface area contributed by atoms with Gasteiger partial charge >= 0.3 is 0 Å². The summed E-state index contributed by atoms with van der Waals surface area (Å²) < 4.78 is 27.6. The largest absolute Gasteiger partial charge is 0.387 e. The van der Waals surface area contributed by atoms with E-state index in [2.05, 4.69) is 4.98 Å². The quantitative estimate of drug-likeness (QED) is 0.771. The number of fused-ring (bicyclic) bond motifs is 1. The first-order valence-corrected chi connectivity index (χ1v) is 9.59. The number of aliphatic hydroxyl groups excluding tert-OH is 1. The van der Waals surface area contributed by atoms with Crippen molar-refractivity contribution in [2.24, 2.45) is 5.41 Å². The van der Waals surface area contributed by atoms with Crippen LogP contribution in [0.15, 0.2) is 59.6 Å². The standard InChI is InChI=1S/C19H22N2O3S/c1-19(2,3)13-17(22)16-12-14-8-7-11-20-18(14)21(16)25(23,24)15-9-5-4-6-10-15/h4-12,17,22H,13H2,1-3H3/t17-/m0/s1. The average molecular weight is 358 g/mol. The summed E-state index contributed by atoms with van der Waals surface area (Å²) in [5.74, 6) is 0. The fraction of sp³-hybridized carbons (Fsp3) is 0.316. The van der Waals surface area contributed by atoms with Gasteiger partial charge in [0.2, 0.25) is 0 Å². The fourth-order valence-corrected chi connectivity index (χ4v) is 4.44. The Kier molecular flexibility index (Phi) is 4.43. The van der Waals surface area contributed by atoms with Crippen molar-refractivity contribution in [2.45, 2.75) is 38.2 Å². The van der Waals surface area contributed by atoms with Gasteiger partial charge in [-0.1, -0.05) is 39.0 Å². The van der Waals surface area contributed by atoms with Crippen LogP contribution in [-0.4, -0.2) is 22.5 Å². The van der Waals surface area contributed by atoms with Crippen molar-refractivity contribution < 1.29 is 13.5 Å². The molecule has 0 fully saturated rings. The van der Waals surface area contributed by atoms with Gasteiger partial charge in [-0.05, 0) is 42.2 Å². The van der Waals surface area contributed by atoms with E-state index < -0.39 is 16.1 Å². The van der Waals surface area contributed by atoms with Crippen molar-refractivity contribution in [3.05, 3.63) is 60.4 Å². The maximum Gasteiger partial charge on any atom is 0.269 e. The molecule has 1 atom stereocenters. The van der Waals surface area contributed by atoms with Crippen LogP contribution in [0.25, 0.3) is 11.0 Å². The van der Waals surface area contributed by atoms with Gasteiger partial charge in [0.25, 0.3) is 10.0 Å². The van der Waals surface area contributed by atoms with E-state index >= 15 is 0 Å². The summed E-state index contributed by atoms with van der Waals surface area (Å²) in [5, 5.41) is 11.4. The monoisotopic (exact) mass is 358 g/mol. The van der Waals surface area contributed by atoms with Gasteiger partial charge in [-0.25, -0.2) is 17.4 Å². The van der Waals surface area contributed by atoms with Crippen LogP contribution in [-0.2, 0) is 10.0 Å². The zero-order valence-electron chi connectivity index (χ0n) is 14.5. The number of aromatic nitrogens is 2. The summed E-state index contributed by atoms with van der Waals surface area (Å²) in [6.45, 7) is 6.02. The summed E-state index contributed by atoms with van der Waals surface area (Å²) in [6.07, 6.45) is 1.08. The molecule has 2 aromatic heterocycles. The van der Waals surface area contributed by atoms with Gasteiger partial charge in [0.15, 0.2) is 5.65 Å². The topological polar surface area (TPSA) is 72.2 Å². The lowest BCUT2D eigenvalue weighted by Gasteiger charge is -2.23. The third kappa shape index (κ3) is 3.45. The van der Waals surface area contributed by atoms with Crippen LogP contribution in [0.3, 0.4) is 0 Å². The molecule has 132 valence electrons. The maximum atomic E-state index is 13.2. The van der Waals surface area contributed by atoms with Crippen LogP contribution in [0.1, 0.15) is 39.0 Å². The van der Waals surface area contributed by atoms with E-state index in [4.69, 9.17) is 0 Å². The molecule has 0 amide bonds. The summed E-state index contributed by atoms with van der Waals surface area (Å²) in [6, 6.07) is 13.5. The van der Waals surface area contributed by atoms with Crippen LogP contribution in [0.2, 0.25) is 0 Å². The molecule has 0 radical (unpaired) electrons. The molecule has 25 heavy (non-hydrogen) atoms. The molecule has 3 aromatic rings. The highest BCUT2D eigenvalue weighted by atomic mass is 32.2. The number of rotatable bonds is 4. The lowest BCUT2D eigenvalue weighted by Crippen LogP contribution is -2.20. The highest BCUT2D eigenvalue weighted by Crippen LogP contribution is 2.34. The number of pyridine rings is 1. The van der Waals surface area contributed by atoms with Gasteiger partial charge in [0.05, 0.1) is 16.7 Å². The molecule has 1 N–H and O–H groups in total. The lowest BCUT2D eigenvalue weighted by atomic mass is 9.88. The Morgan fingerprint density at radius 3 is 2.44 bits per heavy atom. The first-order chi connectivity index (χ1) is 11.7. The third-order valence-electron chi connectivity index (χ3n) is 3.98. The highest BCUT2D eigenvalue weighted by molar-refractivity contribution is 7.90. The van der Waals surface area contributed by atoms with E-state index in [0.29, 0.717) is 23.1 Å². The predicted octanol–water partition coefficient (Wildman–Crippen LogP) is 3.74. The normalized spacial score (nSPS) is 13.9. The van der Waals surface area contributed by atoms with Crippen LogP contribution in [0.5, 0.6) is 0 Å². The Labute approximate surface area is 148 Å². The van der Waals surface area contributed by atoms with Crippen molar-refractivity contribution in [3.8, 4) is 0 Å². The molecule has 0 aliphatic rings. The van der Waals surface area contributed by atoms with Gasteiger partial charge in [0, 0.05) is 11.6 Å². The molecule has 0 aliphatic carbocycles. The minimum absolute atomic E-state index is 0.148. The number of benzene rings is 1. The highest BCUT2D eigenvalue weighted by Gasteiger charge is 2.29. The summed E-state index contributed by atoms with van der Waals surface area (Å²) in [4.78, 5) is 4.41. The summed E-state index contributed by atoms with van der Waals surface area (Å²) >= 11 is 0. The number of hydrogen-bond donors (Lipinski definition) is 1. The fourth-order valence-electron chi connectivity index (χ4n) is 2.90. The van der Waals surface area contributed by atoms with Gasteiger partial charge in [-0.2, -0.15) is 0 Å². The minimum Gasteiger partial charge on any atom is -0.387 e. The Bertz CT molecular complexity index is 986. The van der Waals surface area contributed by atoms with Crippen LogP contribution < -0.4 is 0 Å². The van der Waals surface area contributed by atoms with Crippen LogP contribution >= 0.6 is 0 Å². The smallest absolute Gasteiger partial charge is 0.269 e. The molecule has 0 saturated carbocycles. The second-order valence-electron chi connectivity index (χ2n) is 7.35. The number of hydrogen-bond acceptors (Lipinski definition) is 4. The molecule has 0 saturated heterocycles. The Morgan fingerprint density at radius 1 is 1.12 bits per heavy atom. The van der Waals surface area contributed by atoms with Gasteiger partial charge in [-0.15, -0.1) is 0 Å². The average Bonchev–Trinajstić information content (AvgIpc) is 2.94. The Balaban J connectivity index is 2.24. The molecule has 1 aromatic carbocycles. The van der Waals surface area contributed by atoms with Crippen LogP contribution in [0, 0.1) is 5.41 Å². The van der Waals surface area contributed by atoms with Crippen molar-refractivity contribution in [2.75, 3.05) is 0 Å². The van der Waals surface area contributed by atoms with E-state index in [1.807, 2.05) is 20.8 Å². The second-order valence-corrected chi connectivity index (χ2v) is 9.14. The lowest BCUT2D eigenvalue weighted by molar-refractivity contribution is 0.118. The Hall–Kier alpha value is -2.18. The van der Waals surface area contributed by atoms with Gasteiger partial charge in [-0.3, -0.25) is 0 Å². The third-order valence-corrected chi connectivity index (χ3v) is 5.71. The molecule has 0 spiro atoms. The molecule has 0 aliphatic heterocycles. The van der Waals surface area contributed by atoms with Gasteiger partial charge in [0.1, 0.15) is 0 Å². The summed E-state index contributed by atoms with van der Waals surface area (Å²) in [5.41, 5.74) is 0.520. The number of nitrogens with zero attached hydrogens (tertiary/aromatic N) is 2. The molecular formula is C19H22N2O3S. The molecule has 0 unspecified atom stereocenters. The van der Waals surface area contributed by atoms with E-state index in [-0.39, 0.29) is 10.3 Å². The zero-order chi connectivity index (χ0) is 18.2. The molecule has 5 nitrogen and oxygen atoms in total. The molecule has 0 bridgehead atoms. The molecule has 2 heterocycles. The van der Waals surface area contributed by atoms with Crippen LogP contribution in [0.4, 0.5) is 0 Å². The van der Waals surface area contributed by atoms with E-state index in [0.717, 1.165) is 0 Å². The van der Waals surface area contributed by atoms with Crippen molar-refractivity contribution in [3.63, 3.8) is 0 Å². The molecule has 3 rings (SSSR count). The maximum absolute atomic E-state index is 13.2. The second kappa shape index (κ2) is 6.28. The molecule has 6 heteroatoms. The Morgan fingerprint density at radius 2 is 1.80 bits per heavy atom. The van der Waals surface area contributed by atoms with Gasteiger partial charge < -0.3 is 5.11 Å². The SMILES string of the molecule is CC(C)(C)C[C@H](O)c1cc2cccnc2n1S(=O)(=O)c1ccccc1. The van der Waals surface area contributed by atoms with Crippen molar-refractivity contribution in [1.29, 1.82) is 0 Å². The zero-order valence-corrected chi connectivity index (χ0v) is 15.4. The van der Waals surface area contributed by atoms with E-state index in [1.54, 1.807) is 54.7 Å².